The highest BCUT2D eigenvalue weighted by Crippen LogP contribution is 2.14. The number of rotatable bonds is 32. The molecule has 0 atom stereocenters. The van der Waals surface area contributed by atoms with Crippen LogP contribution in [0.2, 0.25) is 0 Å². The average molecular weight is 583 g/mol. The van der Waals surface area contributed by atoms with Crippen LogP contribution in [0, 0.1) is 0 Å². The Morgan fingerprint density at radius 3 is 1.00 bits per heavy atom. The summed E-state index contributed by atoms with van der Waals surface area (Å²) in [6.45, 7) is 5.68. The van der Waals surface area contributed by atoms with Crippen molar-refractivity contribution in [1.29, 1.82) is 0 Å². The Morgan fingerprint density at radius 1 is 0.463 bits per heavy atom. The highest BCUT2D eigenvalue weighted by atomic mass is 16.4. The molecule has 0 spiro atoms. The third-order valence-corrected chi connectivity index (χ3v) is 7.97. The van der Waals surface area contributed by atoms with Crippen molar-refractivity contribution in [2.45, 2.75) is 206 Å². The van der Waals surface area contributed by atoms with Gasteiger partial charge in [-0.15, -0.1) is 0 Å². The molecule has 5 nitrogen and oxygen atoms in total. The fourth-order valence-electron chi connectivity index (χ4n) is 5.25. The minimum atomic E-state index is -0.653. The molecule has 5 heteroatoms. The van der Waals surface area contributed by atoms with Gasteiger partial charge in [-0.1, -0.05) is 181 Å². The Kier molecular flexibility index (Phi) is 39.9. The molecule has 0 fully saturated rings. The van der Waals surface area contributed by atoms with E-state index >= 15 is 0 Å². The Balaban J connectivity index is 0. The zero-order chi connectivity index (χ0) is 30.5. The van der Waals surface area contributed by atoms with Gasteiger partial charge >= 0.3 is 5.97 Å². The summed E-state index contributed by atoms with van der Waals surface area (Å²) in [7, 11) is 0. The first kappa shape index (κ1) is 42.0. The monoisotopic (exact) mass is 583 g/mol. The molecule has 0 heterocycles. The number of nitrogens with two attached hydrogens (primary N) is 1. The van der Waals surface area contributed by atoms with Gasteiger partial charge in [0.05, 0.1) is 0 Å². The molecule has 0 unspecified atom stereocenters. The normalized spacial score (nSPS) is 10.8. The van der Waals surface area contributed by atoms with Crippen LogP contribution in [0.1, 0.15) is 206 Å². The molecule has 4 N–H and O–H groups in total. The van der Waals surface area contributed by atoms with E-state index in [1.165, 1.54) is 161 Å². The first-order valence-electron chi connectivity index (χ1n) is 18.3. The number of carboxylic acids is 1. The largest absolute Gasteiger partial charge is 0.481 e. The molecule has 246 valence electrons. The van der Waals surface area contributed by atoms with E-state index in [0.717, 1.165) is 19.3 Å². The van der Waals surface area contributed by atoms with Crippen LogP contribution in [0.15, 0.2) is 0 Å². The summed E-state index contributed by atoms with van der Waals surface area (Å²) in [5.41, 5.74) is 5.34. The van der Waals surface area contributed by atoms with Gasteiger partial charge in [0.25, 0.3) is 0 Å². The molecule has 41 heavy (non-hydrogen) atoms. The number of hydrogen-bond donors (Lipinski definition) is 3. The van der Waals surface area contributed by atoms with Crippen LogP contribution in [0.5, 0.6) is 0 Å². The molecular weight excluding hydrogens is 508 g/mol. The molecule has 0 aromatic rings. The second-order valence-electron chi connectivity index (χ2n) is 12.2. The molecule has 0 aromatic carbocycles. The fourth-order valence-corrected chi connectivity index (χ4v) is 5.25. The second kappa shape index (κ2) is 38.9. The van der Waals surface area contributed by atoms with Gasteiger partial charge in [-0.2, -0.15) is 0 Å². The SMILES string of the molecule is CCCCCCCCCCCCCCCC(=O)NCCN.CCCCCCCCCCCCCCCCCC(=O)O. The number of carboxylic acid groups (broad SMARTS) is 1. The fraction of sp³-hybridized carbons (Fsp3) is 0.944. The lowest BCUT2D eigenvalue weighted by Gasteiger charge is -2.04. The maximum absolute atomic E-state index is 11.3. The summed E-state index contributed by atoms with van der Waals surface area (Å²) in [4.78, 5) is 21.7. The minimum Gasteiger partial charge on any atom is -0.481 e. The van der Waals surface area contributed by atoms with Crippen molar-refractivity contribution in [3.05, 3.63) is 0 Å². The summed E-state index contributed by atoms with van der Waals surface area (Å²) < 4.78 is 0. The van der Waals surface area contributed by atoms with E-state index in [-0.39, 0.29) is 5.91 Å². The molecule has 0 aliphatic rings. The number of carbonyl (C=O) groups is 2. The standard InChI is InChI=1S/C18H38N2O.C18H36O2/c1-2-3-4-5-6-7-8-9-10-11-12-13-14-15-18(21)20-17-16-19;1-2-3-4-5-6-7-8-9-10-11-12-13-14-15-16-17-18(19)20/h2-17,19H2,1H3,(H,20,21);2-17H2,1H3,(H,19,20). The third-order valence-electron chi connectivity index (χ3n) is 7.97. The van der Waals surface area contributed by atoms with Crippen molar-refractivity contribution in [2.75, 3.05) is 13.1 Å². The highest BCUT2D eigenvalue weighted by molar-refractivity contribution is 5.75. The maximum Gasteiger partial charge on any atom is 0.303 e. The van der Waals surface area contributed by atoms with E-state index in [0.29, 0.717) is 25.9 Å². The van der Waals surface area contributed by atoms with Gasteiger partial charge in [0.15, 0.2) is 0 Å². The Hall–Kier alpha value is -1.10. The van der Waals surface area contributed by atoms with Crippen molar-refractivity contribution in [1.82, 2.24) is 5.32 Å². The third kappa shape index (κ3) is 43.5. The van der Waals surface area contributed by atoms with E-state index < -0.39 is 5.97 Å². The van der Waals surface area contributed by atoms with Crippen molar-refractivity contribution < 1.29 is 14.7 Å². The number of carbonyl (C=O) groups excluding carboxylic acids is 1. The second-order valence-corrected chi connectivity index (χ2v) is 12.2. The predicted octanol–water partition coefficient (Wildman–Crippen LogP) is 10.9. The lowest BCUT2D eigenvalue weighted by molar-refractivity contribution is -0.137. The van der Waals surface area contributed by atoms with Crippen molar-refractivity contribution in [3.63, 3.8) is 0 Å². The Bertz CT molecular complexity index is 513. The van der Waals surface area contributed by atoms with Crippen molar-refractivity contribution in [2.24, 2.45) is 5.73 Å². The molecule has 0 bridgehead atoms. The maximum atomic E-state index is 11.3. The highest BCUT2D eigenvalue weighted by Gasteiger charge is 2.00. The molecule has 0 aliphatic heterocycles. The Labute approximate surface area is 257 Å². The predicted molar refractivity (Wildman–Crippen MR) is 180 cm³/mol. The zero-order valence-electron chi connectivity index (χ0n) is 28.0. The lowest BCUT2D eigenvalue weighted by atomic mass is 10.0. The molecule has 0 radical (unpaired) electrons. The molecule has 0 saturated carbocycles. The topological polar surface area (TPSA) is 92.4 Å². The van der Waals surface area contributed by atoms with Crippen molar-refractivity contribution >= 4 is 11.9 Å². The average Bonchev–Trinajstić information content (AvgIpc) is 2.96. The first-order chi connectivity index (χ1) is 20.1. The van der Waals surface area contributed by atoms with Gasteiger partial charge in [0, 0.05) is 25.9 Å². The van der Waals surface area contributed by atoms with Crippen LogP contribution in [-0.2, 0) is 9.59 Å². The van der Waals surface area contributed by atoms with Crippen LogP contribution >= 0.6 is 0 Å². The number of unbranched alkanes of at least 4 members (excludes halogenated alkanes) is 26. The van der Waals surface area contributed by atoms with E-state index in [1.54, 1.807) is 0 Å². The molecule has 0 aliphatic carbocycles. The first-order valence-corrected chi connectivity index (χ1v) is 18.3. The lowest BCUT2D eigenvalue weighted by Crippen LogP contribution is -2.28. The zero-order valence-corrected chi connectivity index (χ0v) is 28.0. The smallest absolute Gasteiger partial charge is 0.303 e. The number of hydrogen-bond acceptors (Lipinski definition) is 3. The molecule has 0 rings (SSSR count). The van der Waals surface area contributed by atoms with Gasteiger partial charge < -0.3 is 16.2 Å². The van der Waals surface area contributed by atoms with Gasteiger partial charge in [-0.3, -0.25) is 9.59 Å². The quantitative estimate of drug-likeness (QED) is 0.0688. The Morgan fingerprint density at radius 2 is 0.732 bits per heavy atom. The molecule has 1 amide bonds. The number of aliphatic carboxylic acids is 1. The summed E-state index contributed by atoms with van der Waals surface area (Å²) >= 11 is 0. The van der Waals surface area contributed by atoms with Crippen LogP contribution in [0.3, 0.4) is 0 Å². The van der Waals surface area contributed by atoms with Crippen molar-refractivity contribution in [3.8, 4) is 0 Å². The van der Waals surface area contributed by atoms with Crippen LogP contribution in [0.25, 0.3) is 0 Å². The van der Waals surface area contributed by atoms with Crippen LogP contribution < -0.4 is 11.1 Å². The van der Waals surface area contributed by atoms with Gasteiger partial charge in [-0.05, 0) is 12.8 Å². The molecule has 0 saturated heterocycles. The van der Waals surface area contributed by atoms with E-state index in [9.17, 15) is 9.59 Å². The number of nitrogens with one attached hydrogen (secondary N) is 1. The summed E-state index contributed by atoms with van der Waals surface area (Å²) in [6, 6.07) is 0. The summed E-state index contributed by atoms with van der Waals surface area (Å²) in [6.07, 6.45) is 38.3. The number of amides is 1. The molecule has 0 aromatic heterocycles. The van der Waals surface area contributed by atoms with Gasteiger partial charge in [0.2, 0.25) is 5.91 Å². The summed E-state index contributed by atoms with van der Waals surface area (Å²) in [5, 5.41) is 11.3. The molecular formula is C36H74N2O3. The van der Waals surface area contributed by atoms with Crippen LogP contribution in [0.4, 0.5) is 0 Å². The summed E-state index contributed by atoms with van der Waals surface area (Å²) in [5.74, 6) is -0.497. The van der Waals surface area contributed by atoms with Gasteiger partial charge in [0.1, 0.15) is 0 Å². The van der Waals surface area contributed by atoms with E-state index in [4.69, 9.17) is 10.8 Å². The van der Waals surface area contributed by atoms with Crippen LogP contribution in [-0.4, -0.2) is 30.1 Å². The van der Waals surface area contributed by atoms with E-state index in [2.05, 4.69) is 19.2 Å². The minimum absolute atomic E-state index is 0.156. The van der Waals surface area contributed by atoms with Gasteiger partial charge in [-0.25, -0.2) is 0 Å². The van der Waals surface area contributed by atoms with E-state index in [1.807, 2.05) is 0 Å².